The third-order valence-electron chi connectivity index (χ3n) is 9.20. The van der Waals surface area contributed by atoms with Crippen LogP contribution in [0.3, 0.4) is 0 Å². The highest BCUT2D eigenvalue weighted by molar-refractivity contribution is 5.90. The maximum absolute atomic E-state index is 13.4. The van der Waals surface area contributed by atoms with Gasteiger partial charge in [0.1, 0.15) is 6.61 Å². The van der Waals surface area contributed by atoms with Crippen LogP contribution in [0, 0.1) is 5.92 Å². The first-order valence-corrected chi connectivity index (χ1v) is 13.2. The van der Waals surface area contributed by atoms with E-state index in [0.717, 1.165) is 55.3 Å². The lowest BCUT2D eigenvalue weighted by Gasteiger charge is -2.64. The van der Waals surface area contributed by atoms with E-state index in [4.69, 9.17) is 14.2 Å². The molecule has 5 nitrogen and oxygen atoms in total. The number of rotatable bonds is 8. The molecule has 1 spiro atoms. The van der Waals surface area contributed by atoms with E-state index in [2.05, 4.69) is 29.7 Å². The summed E-state index contributed by atoms with van der Waals surface area (Å²) in [5.41, 5.74) is 2.70. The van der Waals surface area contributed by atoms with Crippen molar-refractivity contribution in [2.24, 2.45) is 5.92 Å². The molecule has 3 aliphatic carbocycles. The monoisotopic (exact) mass is 471 g/mol. The predicted octanol–water partition coefficient (Wildman–Crippen LogP) is 4.61. The minimum absolute atomic E-state index is 0.204. The maximum Gasteiger partial charge on any atom is 0.174 e. The average Bonchev–Trinajstić information content (AvgIpc) is 3.63. The van der Waals surface area contributed by atoms with E-state index in [1.807, 2.05) is 30.3 Å². The van der Waals surface area contributed by atoms with Crippen LogP contribution in [0.5, 0.6) is 11.5 Å². The largest absolute Gasteiger partial charge is 0.485 e. The molecule has 4 atom stereocenters. The van der Waals surface area contributed by atoms with E-state index in [-0.39, 0.29) is 11.8 Å². The zero-order valence-electron chi connectivity index (χ0n) is 20.2. The SMILES string of the molecule is C=CCO[C@@]12CCC(=O)[C@@H]3Oc4c(OCc5ccccc5)ccc5c4[C@@]31CCN(CC1CC1)[C@@H]2C5. The van der Waals surface area contributed by atoms with Crippen molar-refractivity contribution in [3.63, 3.8) is 0 Å². The van der Waals surface area contributed by atoms with Crippen molar-refractivity contribution in [2.45, 2.75) is 68.3 Å². The second-order valence-electron chi connectivity index (χ2n) is 11.0. The van der Waals surface area contributed by atoms with Gasteiger partial charge in [0.15, 0.2) is 23.4 Å². The molecule has 7 rings (SSSR count). The molecule has 5 heteroatoms. The standard InChI is InChI=1S/C30H33NO4/c1-2-16-34-30-13-12-23(32)28-29(30)14-15-31(18-20-8-9-20)25(30)17-22-10-11-24(27(35-28)26(22)29)33-19-21-6-4-3-5-7-21/h2-7,10-11,20,25,28H,1,8-9,12-19H2/t25-,28+,29+,30-/m1/s1. The molecule has 5 aliphatic rings. The molecule has 2 aromatic rings. The fourth-order valence-corrected chi connectivity index (χ4v) is 7.58. The Labute approximate surface area is 207 Å². The fraction of sp³-hybridized carbons (Fsp3) is 0.500. The van der Waals surface area contributed by atoms with Crippen molar-refractivity contribution in [3.8, 4) is 11.5 Å². The zero-order valence-corrected chi connectivity index (χ0v) is 20.2. The van der Waals surface area contributed by atoms with E-state index >= 15 is 0 Å². The molecule has 2 bridgehead atoms. The number of hydrogen-bond acceptors (Lipinski definition) is 5. The van der Waals surface area contributed by atoms with Gasteiger partial charge in [-0.25, -0.2) is 0 Å². The van der Waals surface area contributed by atoms with Crippen molar-refractivity contribution in [3.05, 3.63) is 71.8 Å². The van der Waals surface area contributed by atoms with Gasteiger partial charge in [0.25, 0.3) is 0 Å². The smallest absolute Gasteiger partial charge is 0.174 e. The van der Waals surface area contributed by atoms with E-state index < -0.39 is 17.1 Å². The van der Waals surface area contributed by atoms with Crippen molar-refractivity contribution >= 4 is 5.78 Å². The number of ether oxygens (including phenoxy) is 3. The van der Waals surface area contributed by atoms with Crippen LogP contribution in [0.2, 0.25) is 0 Å². The summed E-state index contributed by atoms with van der Waals surface area (Å²) in [6.07, 6.45) is 7.08. The molecule has 1 saturated heterocycles. The summed E-state index contributed by atoms with van der Waals surface area (Å²) >= 11 is 0. The molecule has 2 heterocycles. The zero-order chi connectivity index (χ0) is 23.6. The highest BCUT2D eigenvalue weighted by Crippen LogP contribution is 2.66. The number of carbonyl (C=O) groups excluding carboxylic acids is 1. The fourth-order valence-electron chi connectivity index (χ4n) is 7.58. The molecule has 182 valence electrons. The van der Waals surface area contributed by atoms with Crippen LogP contribution in [0.4, 0.5) is 0 Å². The molecular weight excluding hydrogens is 438 g/mol. The van der Waals surface area contributed by atoms with Gasteiger partial charge in [0.05, 0.1) is 17.6 Å². The number of Topliss-reactive ketones (excluding diaryl/α,β-unsaturated/α-hetero) is 1. The lowest BCUT2D eigenvalue weighted by molar-refractivity contribution is -0.209. The molecule has 0 N–H and O–H groups in total. The summed E-state index contributed by atoms with van der Waals surface area (Å²) in [4.78, 5) is 16.1. The number of ketones is 1. The molecule has 0 unspecified atom stereocenters. The Bertz CT molecular complexity index is 1170. The Morgan fingerprint density at radius 2 is 2.00 bits per heavy atom. The Hall–Kier alpha value is -2.63. The van der Waals surface area contributed by atoms with Gasteiger partial charge < -0.3 is 14.2 Å². The van der Waals surface area contributed by atoms with E-state index in [9.17, 15) is 4.79 Å². The van der Waals surface area contributed by atoms with Gasteiger partial charge in [-0.05, 0) is 61.8 Å². The minimum atomic E-state index is -0.498. The molecule has 0 amide bonds. The Balaban J connectivity index is 1.35. The quantitative estimate of drug-likeness (QED) is 0.527. The predicted molar refractivity (Wildman–Crippen MR) is 133 cm³/mol. The van der Waals surface area contributed by atoms with Crippen LogP contribution in [-0.4, -0.2) is 48.1 Å². The minimum Gasteiger partial charge on any atom is -0.485 e. The molecule has 0 aromatic heterocycles. The number of piperidine rings is 1. The van der Waals surface area contributed by atoms with Gasteiger partial charge in [-0.3, -0.25) is 9.69 Å². The van der Waals surface area contributed by atoms with Gasteiger partial charge in [-0.2, -0.15) is 0 Å². The lowest BCUT2D eigenvalue weighted by atomic mass is 9.48. The lowest BCUT2D eigenvalue weighted by Crippen LogP contribution is -2.77. The van der Waals surface area contributed by atoms with Crippen LogP contribution in [0.1, 0.15) is 48.8 Å². The summed E-state index contributed by atoms with van der Waals surface area (Å²) in [6.45, 7) is 7.04. The van der Waals surface area contributed by atoms with Gasteiger partial charge >= 0.3 is 0 Å². The van der Waals surface area contributed by atoms with Crippen LogP contribution >= 0.6 is 0 Å². The number of nitrogens with zero attached hydrogens (tertiary/aromatic N) is 1. The summed E-state index contributed by atoms with van der Waals surface area (Å²) in [6, 6.07) is 14.7. The second kappa shape index (κ2) is 7.94. The molecular formula is C30H33NO4. The molecule has 3 fully saturated rings. The van der Waals surface area contributed by atoms with Crippen molar-refractivity contribution < 1.29 is 19.0 Å². The maximum atomic E-state index is 13.4. The van der Waals surface area contributed by atoms with Crippen LogP contribution in [0.25, 0.3) is 0 Å². The molecule has 2 aromatic carbocycles. The molecule has 2 aliphatic heterocycles. The number of benzene rings is 2. The van der Waals surface area contributed by atoms with Crippen LogP contribution in [-0.2, 0) is 28.0 Å². The average molecular weight is 472 g/mol. The summed E-state index contributed by atoms with van der Waals surface area (Å²) in [7, 11) is 0. The summed E-state index contributed by atoms with van der Waals surface area (Å²) in [5, 5.41) is 0. The van der Waals surface area contributed by atoms with Gasteiger partial charge in [-0.1, -0.05) is 42.5 Å². The first-order chi connectivity index (χ1) is 17.2. The number of hydrogen-bond donors (Lipinski definition) is 0. The summed E-state index contributed by atoms with van der Waals surface area (Å²) < 4.78 is 19.8. The van der Waals surface area contributed by atoms with Crippen molar-refractivity contribution in [1.29, 1.82) is 0 Å². The van der Waals surface area contributed by atoms with E-state index in [0.29, 0.717) is 19.6 Å². The van der Waals surface area contributed by atoms with Gasteiger partial charge in [0, 0.05) is 24.6 Å². The number of likely N-dealkylation sites (tertiary alicyclic amines) is 1. The third-order valence-corrected chi connectivity index (χ3v) is 9.20. The highest BCUT2D eigenvalue weighted by atomic mass is 16.5. The number of carbonyl (C=O) groups is 1. The summed E-state index contributed by atoms with van der Waals surface area (Å²) in [5.74, 6) is 2.53. The first-order valence-electron chi connectivity index (χ1n) is 13.2. The second-order valence-corrected chi connectivity index (χ2v) is 11.0. The molecule has 2 saturated carbocycles. The van der Waals surface area contributed by atoms with Crippen molar-refractivity contribution in [2.75, 3.05) is 19.7 Å². The van der Waals surface area contributed by atoms with E-state index in [1.54, 1.807) is 0 Å². The molecule has 0 radical (unpaired) electrons. The molecule has 35 heavy (non-hydrogen) atoms. The Morgan fingerprint density at radius 3 is 2.80 bits per heavy atom. The normalized spacial score (nSPS) is 32.6. The third kappa shape index (κ3) is 3.04. The topological polar surface area (TPSA) is 48.0 Å². The Kier molecular flexibility index (Phi) is 4.91. The highest BCUT2D eigenvalue weighted by Gasteiger charge is 2.74. The Morgan fingerprint density at radius 1 is 1.14 bits per heavy atom. The van der Waals surface area contributed by atoms with E-state index in [1.165, 1.54) is 24.0 Å². The first kappa shape index (κ1) is 21.6. The van der Waals surface area contributed by atoms with Gasteiger partial charge in [0.2, 0.25) is 0 Å². The van der Waals surface area contributed by atoms with Crippen LogP contribution < -0.4 is 9.47 Å². The van der Waals surface area contributed by atoms with Crippen LogP contribution in [0.15, 0.2) is 55.1 Å². The van der Waals surface area contributed by atoms with Crippen molar-refractivity contribution in [1.82, 2.24) is 4.90 Å². The van der Waals surface area contributed by atoms with Gasteiger partial charge in [-0.15, -0.1) is 6.58 Å².